The molecule has 0 aliphatic heterocycles. The van der Waals surface area contributed by atoms with Crippen molar-refractivity contribution in [3.05, 3.63) is 66.3 Å². The summed E-state index contributed by atoms with van der Waals surface area (Å²) in [5.41, 5.74) is 3.63. The van der Waals surface area contributed by atoms with E-state index in [4.69, 9.17) is 4.42 Å². The fourth-order valence-electron chi connectivity index (χ4n) is 2.73. The van der Waals surface area contributed by atoms with Crippen molar-refractivity contribution in [2.24, 2.45) is 0 Å². The average molecular weight is 364 g/mol. The van der Waals surface area contributed by atoms with Crippen LogP contribution in [0.25, 0.3) is 16.8 Å². The minimum atomic E-state index is -0.178. The molecule has 1 amide bonds. The van der Waals surface area contributed by atoms with Crippen LogP contribution in [0.3, 0.4) is 0 Å². The predicted molar refractivity (Wildman–Crippen MR) is 102 cm³/mol. The summed E-state index contributed by atoms with van der Waals surface area (Å²) < 4.78 is 7.48. The molecule has 0 radical (unpaired) electrons. The maximum absolute atomic E-state index is 12.5. The minimum absolute atomic E-state index is 0.178. The Balaban J connectivity index is 1.54. The highest BCUT2D eigenvalue weighted by atomic mass is 32.2. The van der Waals surface area contributed by atoms with E-state index in [0.29, 0.717) is 22.7 Å². The second-order valence-corrected chi connectivity index (χ2v) is 6.47. The molecule has 0 spiro atoms. The molecule has 26 heavy (non-hydrogen) atoms. The van der Waals surface area contributed by atoms with Crippen molar-refractivity contribution in [2.45, 2.75) is 12.1 Å². The van der Waals surface area contributed by atoms with Gasteiger partial charge in [-0.1, -0.05) is 11.8 Å². The van der Waals surface area contributed by atoms with Crippen LogP contribution in [0.5, 0.6) is 0 Å². The van der Waals surface area contributed by atoms with Gasteiger partial charge in [-0.15, -0.1) is 0 Å². The summed E-state index contributed by atoms with van der Waals surface area (Å²) in [5.74, 6) is 0.422. The number of carbonyl (C=O) groups excluding carboxylic acids is 1. The van der Waals surface area contributed by atoms with Gasteiger partial charge in [-0.3, -0.25) is 9.36 Å². The normalized spacial score (nSPS) is 11.0. The van der Waals surface area contributed by atoms with E-state index in [2.05, 4.69) is 15.3 Å². The third kappa shape index (κ3) is 3.09. The maximum atomic E-state index is 12.5. The molecule has 7 heteroatoms. The van der Waals surface area contributed by atoms with Crippen LogP contribution >= 0.6 is 11.8 Å². The largest absolute Gasteiger partial charge is 0.441 e. The Kier molecular flexibility index (Phi) is 4.22. The number of rotatable bonds is 4. The Labute approximate surface area is 154 Å². The summed E-state index contributed by atoms with van der Waals surface area (Å²) in [4.78, 5) is 21.0. The summed E-state index contributed by atoms with van der Waals surface area (Å²) in [7, 11) is 0. The Morgan fingerprint density at radius 3 is 2.77 bits per heavy atom. The first-order chi connectivity index (χ1) is 12.6. The van der Waals surface area contributed by atoms with E-state index < -0.39 is 0 Å². The average Bonchev–Trinajstić information content (AvgIpc) is 3.26. The number of amides is 1. The summed E-state index contributed by atoms with van der Waals surface area (Å²) in [6.07, 6.45) is 5.64. The van der Waals surface area contributed by atoms with E-state index in [1.165, 1.54) is 0 Å². The molecule has 0 saturated heterocycles. The van der Waals surface area contributed by atoms with Crippen LogP contribution in [0, 0.1) is 6.92 Å². The number of oxazole rings is 1. The lowest BCUT2D eigenvalue weighted by molar-refractivity contribution is 0.102. The van der Waals surface area contributed by atoms with Gasteiger partial charge in [0, 0.05) is 42.3 Å². The van der Waals surface area contributed by atoms with Crippen LogP contribution in [-0.2, 0) is 0 Å². The van der Waals surface area contributed by atoms with Crippen molar-refractivity contribution in [3.63, 3.8) is 0 Å². The van der Waals surface area contributed by atoms with Crippen LogP contribution < -0.4 is 5.32 Å². The van der Waals surface area contributed by atoms with Crippen molar-refractivity contribution in [2.75, 3.05) is 11.6 Å². The first kappa shape index (κ1) is 16.4. The van der Waals surface area contributed by atoms with E-state index in [9.17, 15) is 4.79 Å². The fraction of sp³-hybridized carbons (Fsp3) is 0.105. The third-order valence-electron chi connectivity index (χ3n) is 3.95. The molecule has 2 aromatic heterocycles. The molecule has 2 aromatic carbocycles. The highest BCUT2D eigenvalue weighted by Gasteiger charge is 2.10. The second kappa shape index (κ2) is 6.68. The Morgan fingerprint density at radius 2 is 2.00 bits per heavy atom. The topological polar surface area (TPSA) is 73.0 Å². The molecular formula is C19H16N4O2S. The van der Waals surface area contributed by atoms with Crippen molar-refractivity contribution in [3.8, 4) is 5.69 Å². The molecule has 0 unspecified atom stereocenters. The van der Waals surface area contributed by atoms with E-state index in [-0.39, 0.29) is 5.91 Å². The van der Waals surface area contributed by atoms with Gasteiger partial charge in [0.1, 0.15) is 5.52 Å². The van der Waals surface area contributed by atoms with Gasteiger partial charge >= 0.3 is 0 Å². The predicted octanol–water partition coefficient (Wildman–Crippen LogP) is 4.30. The van der Waals surface area contributed by atoms with Gasteiger partial charge in [0.05, 0.1) is 0 Å². The molecule has 0 aliphatic carbocycles. The monoisotopic (exact) mass is 364 g/mol. The lowest BCUT2D eigenvalue weighted by Crippen LogP contribution is -2.11. The van der Waals surface area contributed by atoms with Crippen molar-refractivity contribution in [1.82, 2.24) is 14.5 Å². The first-order valence-corrected chi connectivity index (χ1v) is 9.23. The SMILES string of the molecule is CSc1nccn1-c1ccc(C(=O)Nc2ccc3nc(C)oc3c2)cc1. The number of hydrogen-bond acceptors (Lipinski definition) is 5. The number of nitrogens with zero attached hydrogens (tertiary/aromatic N) is 3. The van der Waals surface area contributed by atoms with Gasteiger partial charge in [-0.2, -0.15) is 0 Å². The van der Waals surface area contributed by atoms with Gasteiger partial charge in [0.25, 0.3) is 5.91 Å². The molecule has 6 nitrogen and oxygen atoms in total. The lowest BCUT2D eigenvalue weighted by Gasteiger charge is -2.08. The second-order valence-electron chi connectivity index (χ2n) is 5.70. The van der Waals surface area contributed by atoms with E-state index in [0.717, 1.165) is 16.4 Å². The van der Waals surface area contributed by atoms with Gasteiger partial charge < -0.3 is 9.73 Å². The quantitative estimate of drug-likeness (QED) is 0.547. The number of imidazole rings is 1. The van der Waals surface area contributed by atoms with E-state index >= 15 is 0 Å². The summed E-state index contributed by atoms with van der Waals surface area (Å²) >= 11 is 1.57. The lowest BCUT2D eigenvalue weighted by atomic mass is 10.2. The number of hydrogen-bond donors (Lipinski definition) is 1. The van der Waals surface area contributed by atoms with Crippen molar-refractivity contribution in [1.29, 1.82) is 0 Å². The molecule has 130 valence electrons. The number of anilines is 1. The molecule has 4 rings (SSSR count). The van der Waals surface area contributed by atoms with Crippen LogP contribution in [0.2, 0.25) is 0 Å². The number of carbonyl (C=O) groups is 1. The zero-order valence-corrected chi connectivity index (χ0v) is 15.1. The summed E-state index contributed by atoms with van der Waals surface area (Å²) in [5, 5.41) is 3.79. The minimum Gasteiger partial charge on any atom is -0.441 e. The molecule has 0 fully saturated rings. The van der Waals surface area contributed by atoms with Crippen molar-refractivity contribution < 1.29 is 9.21 Å². The Hall–Kier alpha value is -3.06. The molecule has 1 N–H and O–H groups in total. The van der Waals surface area contributed by atoms with Gasteiger partial charge in [0.15, 0.2) is 16.6 Å². The zero-order chi connectivity index (χ0) is 18.1. The summed E-state index contributed by atoms with van der Waals surface area (Å²) in [6.45, 7) is 1.79. The molecule has 4 aromatic rings. The molecule has 0 atom stereocenters. The van der Waals surface area contributed by atoms with E-state index in [1.54, 1.807) is 43.1 Å². The van der Waals surface area contributed by atoms with Gasteiger partial charge in [-0.05, 0) is 42.7 Å². The van der Waals surface area contributed by atoms with Crippen molar-refractivity contribution >= 4 is 34.5 Å². The first-order valence-electron chi connectivity index (χ1n) is 8.00. The van der Waals surface area contributed by atoms with Gasteiger partial charge in [0.2, 0.25) is 0 Å². The number of aromatic nitrogens is 3. The molecule has 0 bridgehead atoms. The number of nitrogens with one attached hydrogen (secondary N) is 1. The maximum Gasteiger partial charge on any atom is 0.255 e. The number of fused-ring (bicyclic) bond motifs is 1. The van der Waals surface area contributed by atoms with Crippen LogP contribution in [0.4, 0.5) is 5.69 Å². The Bertz CT molecular complexity index is 1080. The smallest absolute Gasteiger partial charge is 0.255 e. The molecule has 2 heterocycles. The van der Waals surface area contributed by atoms with Crippen LogP contribution in [-0.4, -0.2) is 26.7 Å². The van der Waals surface area contributed by atoms with E-state index in [1.807, 2.05) is 41.3 Å². The number of benzene rings is 2. The third-order valence-corrected chi connectivity index (χ3v) is 4.62. The number of aryl methyl sites for hydroxylation is 1. The highest BCUT2D eigenvalue weighted by molar-refractivity contribution is 7.98. The van der Waals surface area contributed by atoms with Crippen LogP contribution in [0.1, 0.15) is 16.2 Å². The Morgan fingerprint density at radius 1 is 1.19 bits per heavy atom. The van der Waals surface area contributed by atoms with Crippen LogP contribution in [0.15, 0.2) is 64.4 Å². The fourth-order valence-corrected chi connectivity index (χ4v) is 3.26. The molecule has 0 aliphatic rings. The molecule has 0 saturated carbocycles. The van der Waals surface area contributed by atoms with Gasteiger partial charge in [-0.25, -0.2) is 9.97 Å². The standard InChI is InChI=1S/C19H16N4O2S/c1-12-21-16-8-5-14(11-17(16)25-12)22-18(24)13-3-6-15(7-4-13)23-10-9-20-19(23)26-2/h3-11H,1-2H3,(H,22,24). The summed E-state index contributed by atoms with van der Waals surface area (Å²) in [6, 6.07) is 12.8. The number of thioether (sulfide) groups is 1. The molecular weight excluding hydrogens is 348 g/mol. The zero-order valence-electron chi connectivity index (χ0n) is 14.3. The highest BCUT2D eigenvalue weighted by Crippen LogP contribution is 2.21.